The predicted molar refractivity (Wildman–Crippen MR) is 156 cm³/mol. The van der Waals surface area contributed by atoms with Gasteiger partial charge < -0.3 is 14.0 Å². The van der Waals surface area contributed by atoms with Crippen molar-refractivity contribution in [3.63, 3.8) is 0 Å². The molecule has 7 heteroatoms. The highest BCUT2D eigenvalue weighted by atomic mass is 16.5. The molecule has 0 unspecified atom stereocenters. The molecule has 5 aromatic rings. The number of H-pyrrole nitrogens is 1. The molecule has 0 fully saturated rings. The Morgan fingerprint density at radius 1 is 0.821 bits per heavy atom. The number of hydrogen-bond donors (Lipinski definition) is 1. The van der Waals surface area contributed by atoms with Gasteiger partial charge in [-0.1, -0.05) is 79.2 Å². The Kier molecular flexibility index (Phi) is 9.02. The van der Waals surface area contributed by atoms with Crippen LogP contribution in [0.4, 0.5) is 0 Å². The van der Waals surface area contributed by atoms with E-state index < -0.39 is 0 Å². The molecule has 0 amide bonds. The van der Waals surface area contributed by atoms with Crippen LogP contribution in [0.25, 0.3) is 23.1 Å². The Labute approximate surface area is 229 Å². The van der Waals surface area contributed by atoms with Crippen molar-refractivity contribution in [3.8, 4) is 11.5 Å². The third-order valence-corrected chi connectivity index (χ3v) is 6.67. The highest BCUT2D eigenvalue weighted by Crippen LogP contribution is 2.28. The minimum absolute atomic E-state index is 0.578. The number of tetrazole rings is 1. The summed E-state index contributed by atoms with van der Waals surface area (Å²) in [6.45, 7) is 4.18. The molecule has 0 spiro atoms. The molecule has 7 nitrogen and oxygen atoms in total. The third-order valence-electron chi connectivity index (χ3n) is 6.67. The first-order chi connectivity index (χ1) is 19.3. The van der Waals surface area contributed by atoms with E-state index in [1.165, 1.54) is 22.9 Å². The molecule has 0 saturated carbocycles. The van der Waals surface area contributed by atoms with Gasteiger partial charge in [-0.05, 0) is 66.6 Å². The van der Waals surface area contributed by atoms with Crippen molar-refractivity contribution in [1.29, 1.82) is 0 Å². The van der Waals surface area contributed by atoms with Gasteiger partial charge in [-0.25, -0.2) is 0 Å². The lowest BCUT2D eigenvalue weighted by Gasteiger charge is -2.08. The number of unbranched alkanes of at least 4 members (excludes halogenated alkanes) is 2. The molecule has 1 N–H and O–H groups in total. The summed E-state index contributed by atoms with van der Waals surface area (Å²) in [5.41, 5.74) is 4.84. The zero-order valence-electron chi connectivity index (χ0n) is 22.4. The molecule has 2 aromatic heterocycles. The molecule has 5 rings (SSSR count). The number of hydrogen-bond acceptors (Lipinski definition) is 5. The van der Waals surface area contributed by atoms with E-state index in [0.29, 0.717) is 25.6 Å². The smallest absolute Gasteiger partial charge is 0.194 e. The van der Waals surface area contributed by atoms with Gasteiger partial charge in [0, 0.05) is 11.6 Å². The Bertz CT molecular complexity index is 1460. The lowest BCUT2D eigenvalue weighted by atomic mass is 10.0. The predicted octanol–water partition coefficient (Wildman–Crippen LogP) is 6.95. The lowest BCUT2D eigenvalue weighted by molar-refractivity contribution is 0.266. The fourth-order valence-electron chi connectivity index (χ4n) is 4.65. The van der Waals surface area contributed by atoms with E-state index in [4.69, 9.17) is 9.47 Å². The largest absolute Gasteiger partial charge is 0.494 e. The fraction of sp³-hybridized carbons (Fsp3) is 0.281. The van der Waals surface area contributed by atoms with E-state index in [9.17, 15) is 0 Å². The first-order valence-electron chi connectivity index (χ1n) is 13.7. The molecule has 39 heavy (non-hydrogen) atoms. The number of para-hydroxylation sites is 2. The van der Waals surface area contributed by atoms with Gasteiger partial charge in [-0.15, -0.1) is 10.2 Å². The quantitative estimate of drug-likeness (QED) is 0.126. The first kappa shape index (κ1) is 26.2. The van der Waals surface area contributed by atoms with Crippen molar-refractivity contribution >= 4 is 23.1 Å². The van der Waals surface area contributed by atoms with Gasteiger partial charge in [0.25, 0.3) is 0 Å². The van der Waals surface area contributed by atoms with E-state index in [2.05, 4.69) is 80.8 Å². The molecule has 0 aliphatic carbocycles. The van der Waals surface area contributed by atoms with Crippen molar-refractivity contribution in [2.45, 2.75) is 45.6 Å². The number of aromatic nitrogens is 5. The second-order valence-electron chi connectivity index (χ2n) is 9.58. The highest BCUT2D eigenvalue weighted by Gasteiger charge is 2.13. The summed E-state index contributed by atoms with van der Waals surface area (Å²) in [7, 11) is 0. The minimum atomic E-state index is 0.578. The number of rotatable bonds is 14. The summed E-state index contributed by atoms with van der Waals surface area (Å²) >= 11 is 0. The van der Waals surface area contributed by atoms with Crippen molar-refractivity contribution in [1.82, 2.24) is 25.2 Å². The molecule has 200 valence electrons. The maximum absolute atomic E-state index is 5.93. The maximum Gasteiger partial charge on any atom is 0.194 e. The minimum Gasteiger partial charge on any atom is -0.494 e. The average Bonchev–Trinajstić information content (AvgIpc) is 3.62. The number of nitrogens with one attached hydrogen (secondary N) is 1. The zero-order chi connectivity index (χ0) is 26.7. The van der Waals surface area contributed by atoms with E-state index in [0.717, 1.165) is 48.3 Å². The number of aromatic amines is 1. The van der Waals surface area contributed by atoms with E-state index in [1.54, 1.807) is 0 Å². The maximum atomic E-state index is 5.93. The number of benzene rings is 3. The van der Waals surface area contributed by atoms with Crippen molar-refractivity contribution < 1.29 is 9.47 Å². The average molecular weight is 522 g/mol. The van der Waals surface area contributed by atoms with Crippen molar-refractivity contribution in [3.05, 3.63) is 102 Å². The van der Waals surface area contributed by atoms with Crippen LogP contribution in [0.1, 0.15) is 55.1 Å². The topological polar surface area (TPSA) is 77.9 Å². The van der Waals surface area contributed by atoms with Crippen LogP contribution in [0.5, 0.6) is 11.5 Å². The molecule has 0 atom stereocenters. The van der Waals surface area contributed by atoms with Gasteiger partial charge in [0.15, 0.2) is 5.82 Å². The van der Waals surface area contributed by atoms with Gasteiger partial charge in [0.2, 0.25) is 0 Å². The van der Waals surface area contributed by atoms with E-state index in [1.807, 2.05) is 42.5 Å². The van der Waals surface area contributed by atoms with Crippen LogP contribution in [0.3, 0.4) is 0 Å². The van der Waals surface area contributed by atoms with Crippen LogP contribution in [-0.2, 0) is 13.0 Å². The fourth-order valence-corrected chi connectivity index (χ4v) is 4.65. The normalized spacial score (nSPS) is 11.4. The van der Waals surface area contributed by atoms with Gasteiger partial charge >= 0.3 is 0 Å². The van der Waals surface area contributed by atoms with Gasteiger partial charge in [-0.2, -0.15) is 5.21 Å². The molecule has 2 heterocycles. The number of nitrogens with zero attached hydrogens (tertiary/aromatic N) is 4. The van der Waals surface area contributed by atoms with Gasteiger partial charge in [-0.3, -0.25) is 0 Å². The van der Waals surface area contributed by atoms with Crippen molar-refractivity contribution in [2.24, 2.45) is 0 Å². The Morgan fingerprint density at radius 2 is 1.59 bits per heavy atom. The summed E-state index contributed by atoms with van der Waals surface area (Å²) in [6.07, 6.45) is 11.9. The van der Waals surface area contributed by atoms with Crippen LogP contribution >= 0.6 is 0 Å². The molecular formula is C32H35N5O2. The lowest BCUT2D eigenvalue weighted by Crippen LogP contribution is -2.02. The van der Waals surface area contributed by atoms with Crippen molar-refractivity contribution in [2.75, 3.05) is 13.2 Å². The molecule has 0 radical (unpaired) electrons. The Hall–Kier alpha value is -4.39. The highest BCUT2D eigenvalue weighted by molar-refractivity contribution is 5.93. The number of ether oxygens (including phenoxy) is 2. The van der Waals surface area contributed by atoms with E-state index >= 15 is 0 Å². The van der Waals surface area contributed by atoms with E-state index in [-0.39, 0.29) is 0 Å². The molecule has 3 aromatic carbocycles. The number of fused-ring (bicyclic) bond motifs is 1. The summed E-state index contributed by atoms with van der Waals surface area (Å²) in [4.78, 5) is 0. The second-order valence-corrected chi connectivity index (χ2v) is 9.58. The van der Waals surface area contributed by atoms with Crippen LogP contribution < -0.4 is 9.47 Å². The molecular weight excluding hydrogens is 486 g/mol. The monoisotopic (exact) mass is 521 g/mol. The molecule has 0 saturated heterocycles. The summed E-state index contributed by atoms with van der Waals surface area (Å²) in [5, 5.41) is 15.9. The van der Waals surface area contributed by atoms with Gasteiger partial charge in [0.05, 0.1) is 25.3 Å². The first-order valence-corrected chi connectivity index (χ1v) is 13.7. The number of aryl methyl sites for hydroxylation is 1. The molecule has 0 bridgehead atoms. The second kappa shape index (κ2) is 13.4. The molecule has 0 aliphatic rings. The third kappa shape index (κ3) is 7.13. The van der Waals surface area contributed by atoms with Crippen LogP contribution in [0, 0.1) is 0 Å². The standard InChI is InChI=1S/C32H35N5O2/c1-2-3-10-27-23-37(24-31-33-35-36-34-31)32-26(11-9-14-30(27)32)18-15-25-16-19-29(20-17-25)39-22-8-7-21-38-28-12-5-4-6-13-28/h4-6,9,11-20,23H,2-3,7-8,10,21-22,24H2,1H3,(H,33,34,35,36)/b18-15+. The summed E-state index contributed by atoms with van der Waals surface area (Å²) in [6, 6.07) is 24.7. The van der Waals surface area contributed by atoms with Crippen LogP contribution in [-0.4, -0.2) is 38.4 Å². The Morgan fingerprint density at radius 3 is 2.31 bits per heavy atom. The summed E-state index contributed by atoms with van der Waals surface area (Å²) in [5.74, 6) is 2.47. The Balaban J connectivity index is 1.20. The van der Waals surface area contributed by atoms with Gasteiger partial charge in [0.1, 0.15) is 11.5 Å². The summed E-state index contributed by atoms with van der Waals surface area (Å²) < 4.78 is 13.9. The SMILES string of the molecule is CCCCc1cn(Cc2nn[nH]n2)c2c(/C=C/c3ccc(OCCCCOc4ccccc4)cc3)cccc12. The van der Waals surface area contributed by atoms with Crippen LogP contribution in [0.15, 0.2) is 79.0 Å². The zero-order valence-corrected chi connectivity index (χ0v) is 22.4. The van der Waals surface area contributed by atoms with Crippen LogP contribution in [0.2, 0.25) is 0 Å². The molecule has 0 aliphatic heterocycles.